The predicted octanol–water partition coefficient (Wildman–Crippen LogP) is 2.37. The fourth-order valence-corrected chi connectivity index (χ4v) is 4.08. The van der Waals surface area contributed by atoms with Gasteiger partial charge >= 0.3 is 6.03 Å². The van der Waals surface area contributed by atoms with Crippen molar-refractivity contribution in [3.63, 3.8) is 0 Å². The number of rotatable bonds is 6. The summed E-state index contributed by atoms with van der Waals surface area (Å²) in [4.78, 5) is 31.3. The summed E-state index contributed by atoms with van der Waals surface area (Å²) in [5.74, 6) is 0.208. The van der Waals surface area contributed by atoms with Crippen molar-refractivity contribution in [2.45, 2.75) is 32.1 Å². The molecule has 2 aliphatic rings. The molecule has 6 nitrogen and oxygen atoms in total. The highest BCUT2D eigenvalue weighted by Crippen LogP contribution is 2.22. The largest absolute Gasteiger partial charge is 0.341 e. The maximum absolute atomic E-state index is 13.0. The van der Waals surface area contributed by atoms with Gasteiger partial charge in [-0.25, -0.2) is 4.79 Å². The zero-order valence-electron chi connectivity index (χ0n) is 16.6. The highest BCUT2D eigenvalue weighted by Gasteiger charge is 2.32. The Morgan fingerprint density at radius 3 is 2.18 bits per heavy atom. The summed E-state index contributed by atoms with van der Waals surface area (Å²) in [6.45, 7) is 4.89. The Morgan fingerprint density at radius 2 is 1.57 bits per heavy atom. The van der Waals surface area contributed by atoms with Crippen LogP contribution in [0, 0.1) is 5.92 Å². The molecule has 1 aromatic carbocycles. The number of nitrogens with zero attached hydrogens (tertiary/aromatic N) is 3. The van der Waals surface area contributed by atoms with Crippen molar-refractivity contribution in [1.82, 2.24) is 14.7 Å². The Balaban J connectivity index is 0.00000280. The van der Waals surface area contributed by atoms with Crippen LogP contribution in [-0.4, -0.2) is 72.5 Å². The van der Waals surface area contributed by atoms with Gasteiger partial charge in [-0.15, -0.1) is 12.4 Å². The summed E-state index contributed by atoms with van der Waals surface area (Å²) in [7, 11) is 0. The van der Waals surface area contributed by atoms with Crippen LogP contribution in [0.5, 0.6) is 0 Å². The third-order valence-electron chi connectivity index (χ3n) is 5.72. The number of likely N-dealkylation sites (tertiary alicyclic amines) is 2. The van der Waals surface area contributed by atoms with Gasteiger partial charge in [0.25, 0.3) is 0 Å². The van der Waals surface area contributed by atoms with Crippen molar-refractivity contribution >= 4 is 24.3 Å². The van der Waals surface area contributed by atoms with Crippen LogP contribution in [0.15, 0.2) is 30.3 Å². The number of hydrogen-bond acceptors (Lipinski definition) is 3. The molecule has 7 heteroatoms. The van der Waals surface area contributed by atoms with E-state index in [1.807, 2.05) is 32.9 Å². The van der Waals surface area contributed by atoms with Crippen LogP contribution in [0.2, 0.25) is 0 Å². The van der Waals surface area contributed by atoms with Crippen LogP contribution < -0.4 is 5.73 Å². The quantitative estimate of drug-likeness (QED) is 0.785. The second kappa shape index (κ2) is 11.3. The molecule has 156 valence electrons. The Labute approximate surface area is 174 Å². The lowest BCUT2D eigenvalue weighted by molar-refractivity contribution is -0.136. The zero-order valence-corrected chi connectivity index (χ0v) is 17.4. The van der Waals surface area contributed by atoms with Gasteiger partial charge in [0.2, 0.25) is 5.91 Å². The fraction of sp³-hybridized carbons (Fsp3) is 0.619. The number of halogens is 1. The number of amides is 3. The Bertz CT molecular complexity index is 614. The van der Waals surface area contributed by atoms with E-state index in [0.717, 1.165) is 45.2 Å². The molecular weight excluding hydrogens is 376 g/mol. The van der Waals surface area contributed by atoms with E-state index < -0.39 is 0 Å². The number of piperidine rings is 1. The number of benzene rings is 1. The SMILES string of the molecule is Cl.NCCN(CCc1ccccc1)C(=O)C1CCN(C(=O)N2CCCC2)CC1. The van der Waals surface area contributed by atoms with Crippen LogP contribution in [0.4, 0.5) is 4.79 Å². The molecule has 2 saturated heterocycles. The molecule has 3 amide bonds. The summed E-state index contributed by atoms with van der Waals surface area (Å²) >= 11 is 0. The van der Waals surface area contributed by atoms with Gasteiger partial charge < -0.3 is 20.4 Å². The molecule has 0 radical (unpaired) electrons. The smallest absolute Gasteiger partial charge is 0.319 e. The first-order chi connectivity index (χ1) is 13.2. The maximum Gasteiger partial charge on any atom is 0.319 e. The van der Waals surface area contributed by atoms with Gasteiger partial charge in [-0.05, 0) is 37.7 Å². The summed E-state index contributed by atoms with van der Waals surface area (Å²) in [5.41, 5.74) is 6.98. The first-order valence-corrected chi connectivity index (χ1v) is 10.3. The monoisotopic (exact) mass is 408 g/mol. The minimum absolute atomic E-state index is 0. The molecule has 0 saturated carbocycles. The van der Waals surface area contributed by atoms with E-state index in [4.69, 9.17) is 5.73 Å². The van der Waals surface area contributed by atoms with Crippen LogP contribution in [-0.2, 0) is 11.2 Å². The van der Waals surface area contributed by atoms with E-state index in [2.05, 4.69) is 12.1 Å². The minimum atomic E-state index is 0. The third kappa shape index (κ3) is 5.85. The minimum Gasteiger partial charge on any atom is -0.341 e. The molecule has 2 fully saturated rings. The van der Waals surface area contributed by atoms with Gasteiger partial charge in [-0.3, -0.25) is 4.79 Å². The molecule has 0 unspecified atom stereocenters. The van der Waals surface area contributed by atoms with Gasteiger partial charge in [0.1, 0.15) is 0 Å². The molecule has 2 aliphatic heterocycles. The van der Waals surface area contributed by atoms with Gasteiger partial charge in [0.05, 0.1) is 0 Å². The van der Waals surface area contributed by atoms with E-state index in [-0.39, 0.29) is 30.3 Å². The Morgan fingerprint density at radius 1 is 0.964 bits per heavy atom. The number of carbonyl (C=O) groups excluding carboxylic acids is 2. The lowest BCUT2D eigenvalue weighted by Gasteiger charge is -2.36. The average molecular weight is 409 g/mol. The average Bonchev–Trinajstić information content (AvgIpc) is 3.26. The highest BCUT2D eigenvalue weighted by atomic mass is 35.5. The van der Waals surface area contributed by atoms with Gasteiger partial charge in [-0.1, -0.05) is 30.3 Å². The third-order valence-corrected chi connectivity index (χ3v) is 5.72. The van der Waals surface area contributed by atoms with E-state index in [1.165, 1.54) is 5.56 Å². The topological polar surface area (TPSA) is 69.9 Å². The molecule has 28 heavy (non-hydrogen) atoms. The maximum atomic E-state index is 13.0. The van der Waals surface area contributed by atoms with E-state index >= 15 is 0 Å². The molecule has 2 heterocycles. The van der Waals surface area contributed by atoms with Crippen molar-refractivity contribution in [2.75, 3.05) is 45.8 Å². The molecule has 0 aliphatic carbocycles. The molecule has 1 aromatic rings. The zero-order chi connectivity index (χ0) is 19.1. The van der Waals surface area contributed by atoms with Crippen LogP contribution in [0.3, 0.4) is 0 Å². The Hall–Kier alpha value is -1.79. The van der Waals surface area contributed by atoms with Crippen LogP contribution >= 0.6 is 12.4 Å². The van der Waals surface area contributed by atoms with Crippen LogP contribution in [0.1, 0.15) is 31.2 Å². The molecular formula is C21H33ClN4O2. The van der Waals surface area contributed by atoms with E-state index in [9.17, 15) is 9.59 Å². The summed E-state index contributed by atoms with van der Waals surface area (Å²) in [6, 6.07) is 10.4. The first-order valence-electron chi connectivity index (χ1n) is 10.3. The number of carbonyl (C=O) groups is 2. The Kier molecular flexibility index (Phi) is 9.06. The number of urea groups is 1. The van der Waals surface area contributed by atoms with Crippen molar-refractivity contribution in [1.29, 1.82) is 0 Å². The van der Waals surface area contributed by atoms with E-state index in [1.54, 1.807) is 0 Å². The number of hydrogen-bond donors (Lipinski definition) is 1. The number of nitrogens with two attached hydrogens (primary N) is 1. The summed E-state index contributed by atoms with van der Waals surface area (Å²) in [5, 5.41) is 0. The van der Waals surface area contributed by atoms with Gasteiger partial charge in [0.15, 0.2) is 0 Å². The van der Waals surface area contributed by atoms with Crippen molar-refractivity contribution in [3.8, 4) is 0 Å². The first kappa shape index (κ1) is 22.5. The molecule has 0 aromatic heterocycles. The normalized spacial score (nSPS) is 17.3. The summed E-state index contributed by atoms with van der Waals surface area (Å²) < 4.78 is 0. The van der Waals surface area contributed by atoms with Crippen molar-refractivity contribution in [2.24, 2.45) is 11.7 Å². The second-order valence-corrected chi connectivity index (χ2v) is 7.59. The molecule has 0 bridgehead atoms. The van der Waals surface area contributed by atoms with Crippen molar-refractivity contribution < 1.29 is 9.59 Å². The van der Waals surface area contributed by atoms with Crippen molar-refractivity contribution in [3.05, 3.63) is 35.9 Å². The lowest BCUT2D eigenvalue weighted by Crippen LogP contribution is -2.49. The fourth-order valence-electron chi connectivity index (χ4n) is 4.08. The van der Waals surface area contributed by atoms with E-state index in [0.29, 0.717) is 32.7 Å². The summed E-state index contributed by atoms with van der Waals surface area (Å²) in [6.07, 6.45) is 4.57. The predicted molar refractivity (Wildman–Crippen MR) is 114 cm³/mol. The lowest BCUT2D eigenvalue weighted by atomic mass is 9.95. The molecule has 3 rings (SSSR count). The molecule has 0 atom stereocenters. The van der Waals surface area contributed by atoms with Gasteiger partial charge in [0, 0.05) is 51.7 Å². The van der Waals surface area contributed by atoms with Gasteiger partial charge in [-0.2, -0.15) is 0 Å². The standard InChI is InChI=1S/C21H32N4O2.ClH/c22-11-17-23(14-8-18-6-2-1-3-7-18)20(26)19-9-15-25(16-10-19)21(27)24-12-4-5-13-24;/h1-3,6-7,19H,4-5,8-17,22H2;1H. The molecule has 0 spiro atoms. The van der Waals surface area contributed by atoms with Crippen LogP contribution in [0.25, 0.3) is 0 Å². The highest BCUT2D eigenvalue weighted by molar-refractivity contribution is 5.85. The second-order valence-electron chi connectivity index (χ2n) is 7.59. The molecule has 2 N–H and O–H groups in total.